The fourth-order valence-electron chi connectivity index (χ4n) is 0.808. The molecule has 2 aromatic rings. The first kappa shape index (κ1) is 6.68. The van der Waals surface area contributed by atoms with Crippen molar-refractivity contribution in [3.05, 3.63) is 10.2 Å². The van der Waals surface area contributed by atoms with E-state index in [1.165, 1.54) is 11.3 Å². The smallest absolute Gasteiger partial charge is 0.184 e. The van der Waals surface area contributed by atoms with Crippen LogP contribution in [0.5, 0.6) is 0 Å². The van der Waals surface area contributed by atoms with Crippen molar-refractivity contribution in [2.75, 3.05) is 5.73 Å². The lowest BCUT2D eigenvalue weighted by molar-refractivity contribution is 1.10. The number of aromatic amines is 1. The highest BCUT2D eigenvalue weighted by Crippen LogP contribution is 2.20. The Kier molecular flexibility index (Phi) is 1.36. The fraction of sp³-hybridized carbons (Fsp3) is 0. The molecule has 56 valence electrons. The largest absolute Gasteiger partial charge is 0.390 e. The number of H-pyrrole nitrogens is 1. The van der Waals surface area contributed by atoms with Gasteiger partial charge in [-0.2, -0.15) is 5.10 Å². The summed E-state index contributed by atoms with van der Waals surface area (Å²) >= 11 is 6.16. The van der Waals surface area contributed by atoms with Gasteiger partial charge in [0.15, 0.2) is 9.60 Å². The maximum atomic E-state index is 5.65. The number of aromatic nitrogens is 3. The number of nitrogens with one attached hydrogen (secondary N) is 1. The first-order valence-electron chi connectivity index (χ1n) is 2.87. The van der Waals surface area contributed by atoms with E-state index in [2.05, 4.69) is 15.2 Å². The minimum atomic E-state index is 0.527. The van der Waals surface area contributed by atoms with Crippen molar-refractivity contribution in [1.82, 2.24) is 15.2 Å². The van der Waals surface area contributed by atoms with Crippen LogP contribution in [0.25, 0.3) is 11.0 Å². The zero-order valence-electron chi connectivity index (χ0n) is 5.37. The Labute approximate surface area is 71.1 Å². The molecule has 0 bridgehead atoms. The molecule has 0 fully saturated rings. The number of hydrogen-bond acceptors (Lipinski definition) is 5. The molecule has 4 nitrogen and oxygen atoms in total. The van der Waals surface area contributed by atoms with Crippen LogP contribution < -0.4 is 5.73 Å². The second-order valence-corrected chi connectivity index (χ2v) is 3.65. The van der Waals surface area contributed by atoms with Gasteiger partial charge < -0.3 is 5.73 Å². The van der Waals surface area contributed by atoms with E-state index in [0.717, 1.165) is 5.39 Å². The minimum absolute atomic E-state index is 0.527. The Bertz CT molecular complexity index is 443. The molecule has 0 saturated heterocycles. The molecule has 0 aliphatic rings. The maximum absolute atomic E-state index is 5.65. The molecule has 0 amide bonds. The molecule has 2 rings (SSSR count). The molecule has 0 aromatic carbocycles. The first-order valence-corrected chi connectivity index (χ1v) is 4.09. The lowest BCUT2D eigenvalue weighted by Gasteiger charge is -1.90. The van der Waals surface area contributed by atoms with Gasteiger partial charge in [0.05, 0.1) is 11.6 Å². The molecule has 3 N–H and O–H groups in total. The van der Waals surface area contributed by atoms with Crippen molar-refractivity contribution in [2.45, 2.75) is 0 Å². The maximum Gasteiger partial charge on any atom is 0.184 e. The van der Waals surface area contributed by atoms with E-state index in [1.807, 2.05) is 0 Å². The number of hydrogen-bond donors (Lipinski definition) is 2. The molecule has 11 heavy (non-hydrogen) atoms. The average Bonchev–Trinajstić information content (AvgIpc) is 2.34. The van der Waals surface area contributed by atoms with Crippen LogP contribution >= 0.6 is 23.6 Å². The lowest BCUT2D eigenvalue weighted by atomic mass is 10.4. The molecule has 0 unspecified atom stereocenters. The van der Waals surface area contributed by atoms with Crippen LogP contribution in [0.4, 0.5) is 5.00 Å². The predicted molar refractivity (Wildman–Crippen MR) is 47.0 cm³/mol. The average molecular weight is 184 g/mol. The molecule has 0 aliphatic carbocycles. The van der Waals surface area contributed by atoms with Gasteiger partial charge in [-0.15, -0.1) is 0 Å². The normalized spacial score (nSPS) is 10.5. The number of anilines is 1. The molecule has 6 heteroatoms. The quantitative estimate of drug-likeness (QED) is 0.606. The van der Waals surface area contributed by atoms with E-state index < -0.39 is 0 Å². The van der Waals surface area contributed by atoms with Gasteiger partial charge in [-0.1, -0.05) is 11.3 Å². The molecule has 2 aromatic heterocycles. The van der Waals surface area contributed by atoms with Crippen molar-refractivity contribution >= 4 is 39.6 Å². The standard InChI is InChI=1S/C5H4N4S2/c6-3-2-1-7-9-4(2)8-5(10)11-3/h1H,6H2,(H,8,9,10). The van der Waals surface area contributed by atoms with Crippen molar-refractivity contribution in [2.24, 2.45) is 0 Å². The van der Waals surface area contributed by atoms with Gasteiger partial charge in [0, 0.05) is 0 Å². The van der Waals surface area contributed by atoms with Gasteiger partial charge in [-0.05, 0) is 12.2 Å². The Morgan fingerprint density at radius 1 is 1.64 bits per heavy atom. The predicted octanol–water partition coefficient (Wildman–Crippen LogP) is 1.33. The monoisotopic (exact) mass is 184 g/mol. The van der Waals surface area contributed by atoms with E-state index in [-0.39, 0.29) is 0 Å². The van der Waals surface area contributed by atoms with E-state index in [1.54, 1.807) is 6.20 Å². The summed E-state index contributed by atoms with van der Waals surface area (Å²) in [5, 5.41) is 7.99. The zero-order valence-corrected chi connectivity index (χ0v) is 7.00. The van der Waals surface area contributed by atoms with Crippen LogP contribution in [0.2, 0.25) is 0 Å². The summed E-state index contributed by atoms with van der Waals surface area (Å²) in [4.78, 5) is 4.03. The number of nitrogens with zero attached hydrogens (tertiary/aromatic N) is 2. The van der Waals surface area contributed by atoms with E-state index in [9.17, 15) is 0 Å². The Balaban J connectivity index is 3.02. The van der Waals surface area contributed by atoms with Gasteiger partial charge in [0.1, 0.15) is 5.00 Å². The van der Waals surface area contributed by atoms with Crippen LogP contribution in [0.15, 0.2) is 6.20 Å². The van der Waals surface area contributed by atoms with Gasteiger partial charge >= 0.3 is 0 Å². The third kappa shape index (κ3) is 0.997. The molecular formula is C5H4N4S2. The Morgan fingerprint density at radius 2 is 2.45 bits per heavy atom. The lowest BCUT2D eigenvalue weighted by Crippen LogP contribution is -1.84. The summed E-state index contributed by atoms with van der Waals surface area (Å²) in [6.45, 7) is 0. The number of nitrogen functional groups attached to an aromatic ring is 1. The third-order valence-electron chi connectivity index (χ3n) is 1.29. The Morgan fingerprint density at radius 3 is 3.27 bits per heavy atom. The van der Waals surface area contributed by atoms with Crippen molar-refractivity contribution in [3.63, 3.8) is 0 Å². The molecule has 2 heterocycles. The summed E-state index contributed by atoms with van der Waals surface area (Å²) in [6, 6.07) is 0. The number of fused-ring (bicyclic) bond motifs is 1. The SMILES string of the molecule is Nc1sc(=S)nc2[nH]ncc12. The van der Waals surface area contributed by atoms with Crippen LogP contribution in [0, 0.1) is 3.95 Å². The number of nitrogens with two attached hydrogens (primary N) is 1. The van der Waals surface area contributed by atoms with Crippen molar-refractivity contribution < 1.29 is 0 Å². The van der Waals surface area contributed by atoms with Gasteiger partial charge in [-0.25, -0.2) is 4.98 Å². The van der Waals surface area contributed by atoms with Gasteiger partial charge in [0.25, 0.3) is 0 Å². The van der Waals surface area contributed by atoms with Crippen LogP contribution in [0.1, 0.15) is 0 Å². The van der Waals surface area contributed by atoms with Gasteiger partial charge in [0.2, 0.25) is 0 Å². The topological polar surface area (TPSA) is 67.6 Å². The second kappa shape index (κ2) is 2.24. The summed E-state index contributed by atoms with van der Waals surface area (Å²) < 4.78 is 0.527. The fourth-order valence-corrected chi connectivity index (χ4v) is 1.75. The highest BCUT2D eigenvalue weighted by Gasteiger charge is 2.00. The highest BCUT2D eigenvalue weighted by atomic mass is 32.1. The second-order valence-electron chi connectivity index (χ2n) is 1.98. The van der Waals surface area contributed by atoms with Crippen molar-refractivity contribution in [3.8, 4) is 0 Å². The van der Waals surface area contributed by atoms with E-state index in [0.29, 0.717) is 14.6 Å². The summed E-state index contributed by atoms with van der Waals surface area (Å²) in [6.07, 6.45) is 1.64. The Hall–Kier alpha value is -1.01. The van der Waals surface area contributed by atoms with E-state index >= 15 is 0 Å². The molecule has 0 saturated carbocycles. The molecule has 0 aliphatic heterocycles. The molecular weight excluding hydrogens is 180 g/mol. The summed E-state index contributed by atoms with van der Waals surface area (Å²) in [5.74, 6) is 0. The third-order valence-corrected chi connectivity index (χ3v) is 2.33. The highest BCUT2D eigenvalue weighted by molar-refractivity contribution is 7.73. The van der Waals surface area contributed by atoms with Gasteiger partial charge in [-0.3, -0.25) is 5.10 Å². The van der Waals surface area contributed by atoms with Crippen molar-refractivity contribution in [1.29, 1.82) is 0 Å². The minimum Gasteiger partial charge on any atom is -0.390 e. The summed E-state index contributed by atoms with van der Waals surface area (Å²) in [5.41, 5.74) is 6.31. The first-order chi connectivity index (χ1) is 5.27. The summed E-state index contributed by atoms with van der Waals surface area (Å²) in [7, 11) is 0. The molecule has 0 spiro atoms. The van der Waals surface area contributed by atoms with Crippen LogP contribution in [-0.4, -0.2) is 15.2 Å². The van der Waals surface area contributed by atoms with Crippen LogP contribution in [0.3, 0.4) is 0 Å². The zero-order chi connectivity index (χ0) is 7.84. The molecule has 0 atom stereocenters. The van der Waals surface area contributed by atoms with E-state index in [4.69, 9.17) is 18.0 Å². The van der Waals surface area contributed by atoms with Crippen LogP contribution in [-0.2, 0) is 0 Å². The number of rotatable bonds is 0. The molecule has 0 radical (unpaired) electrons.